The fraction of sp³-hybridized carbons (Fsp3) is 0.480. The van der Waals surface area contributed by atoms with E-state index in [-0.39, 0.29) is 6.10 Å². The van der Waals surface area contributed by atoms with Crippen molar-refractivity contribution in [1.82, 2.24) is 9.97 Å². The Kier molecular flexibility index (Phi) is 6.62. The summed E-state index contributed by atoms with van der Waals surface area (Å²) in [7, 11) is 0. The molecule has 1 fully saturated rings. The summed E-state index contributed by atoms with van der Waals surface area (Å²) in [4.78, 5) is 26.4. The molecule has 7 nitrogen and oxygen atoms in total. The number of anilines is 2. The van der Waals surface area contributed by atoms with Crippen molar-refractivity contribution in [3.63, 3.8) is 0 Å². The molecule has 0 bridgehead atoms. The number of rotatable bonds is 6. The summed E-state index contributed by atoms with van der Waals surface area (Å²) in [5.41, 5.74) is 2.66. The smallest absolute Gasteiger partial charge is 0.435 e. The van der Waals surface area contributed by atoms with Crippen LogP contribution in [0.2, 0.25) is 0 Å². The summed E-state index contributed by atoms with van der Waals surface area (Å²) in [5.74, 6) is 1.69. The van der Waals surface area contributed by atoms with Crippen molar-refractivity contribution in [2.75, 3.05) is 29.9 Å². The maximum absolute atomic E-state index is 11.6. The molecule has 1 aliphatic heterocycles. The van der Waals surface area contributed by atoms with Gasteiger partial charge in [-0.15, -0.1) is 11.3 Å². The van der Waals surface area contributed by atoms with E-state index in [9.17, 15) is 4.79 Å². The number of carbonyl (C=O) groups excluding carboxylic acids is 1. The molecule has 174 valence electrons. The summed E-state index contributed by atoms with van der Waals surface area (Å²) in [6.07, 6.45) is 5.52. The van der Waals surface area contributed by atoms with Gasteiger partial charge in [0.1, 0.15) is 16.8 Å². The Labute approximate surface area is 198 Å². The van der Waals surface area contributed by atoms with Crippen LogP contribution in [0.4, 0.5) is 16.6 Å². The van der Waals surface area contributed by atoms with Crippen LogP contribution in [0.5, 0.6) is 0 Å². The molecule has 1 aromatic carbocycles. The molecular formula is C25H30N4O3S. The van der Waals surface area contributed by atoms with E-state index in [0.29, 0.717) is 6.61 Å². The first-order valence-corrected chi connectivity index (χ1v) is 12.7. The van der Waals surface area contributed by atoms with Gasteiger partial charge in [-0.05, 0) is 43.7 Å². The highest BCUT2D eigenvalue weighted by Gasteiger charge is 2.27. The molecule has 0 radical (unpaired) electrons. The van der Waals surface area contributed by atoms with Crippen LogP contribution in [0.25, 0.3) is 10.2 Å². The number of aromatic nitrogens is 2. The molecule has 1 aliphatic carbocycles. The molecule has 0 atom stereocenters. The van der Waals surface area contributed by atoms with Gasteiger partial charge in [0.2, 0.25) is 5.95 Å². The Balaban J connectivity index is 1.38. The van der Waals surface area contributed by atoms with Crippen molar-refractivity contribution in [3.8, 4) is 0 Å². The van der Waals surface area contributed by atoms with E-state index in [4.69, 9.17) is 19.4 Å². The van der Waals surface area contributed by atoms with E-state index in [0.717, 1.165) is 61.9 Å². The summed E-state index contributed by atoms with van der Waals surface area (Å²) in [6.45, 7) is 4.34. The molecule has 0 amide bonds. The molecule has 0 spiro atoms. The van der Waals surface area contributed by atoms with E-state index in [2.05, 4.69) is 34.5 Å². The third-order valence-electron chi connectivity index (χ3n) is 6.36. The van der Waals surface area contributed by atoms with Crippen molar-refractivity contribution in [2.24, 2.45) is 0 Å². The number of hydrogen-bond acceptors (Lipinski definition) is 8. The van der Waals surface area contributed by atoms with Crippen molar-refractivity contribution in [3.05, 3.63) is 46.3 Å². The summed E-state index contributed by atoms with van der Waals surface area (Å²) < 4.78 is 10.3. The normalized spacial score (nSPS) is 16.5. The topological polar surface area (TPSA) is 76.6 Å². The molecule has 1 saturated heterocycles. The van der Waals surface area contributed by atoms with Crippen LogP contribution in [-0.4, -0.2) is 41.9 Å². The number of nitrogens with one attached hydrogen (secondary N) is 1. The van der Waals surface area contributed by atoms with Crippen molar-refractivity contribution < 1.29 is 14.3 Å². The molecular weight excluding hydrogens is 436 g/mol. The Hall–Kier alpha value is -2.87. The van der Waals surface area contributed by atoms with Gasteiger partial charge in [0, 0.05) is 37.4 Å². The zero-order valence-corrected chi connectivity index (χ0v) is 19.8. The molecule has 2 aliphatic rings. The predicted octanol–water partition coefficient (Wildman–Crippen LogP) is 5.32. The molecule has 8 heteroatoms. The summed E-state index contributed by atoms with van der Waals surface area (Å²) in [5, 5.41) is 4.82. The maximum Gasteiger partial charge on any atom is 0.508 e. The van der Waals surface area contributed by atoms with Gasteiger partial charge in [0.25, 0.3) is 0 Å². The highest BCUT2D eigenvalue weighted by Crippen LogP contribution is 2.40. The standard InChI is InChI=1S/C25H30N4O3S/c1-2-31-25(30)32-18-12-14-29(15-13-18)24-27-22(26-16-17-8-4-3-5-9-17)21-19-10-6-7-11-20(19)33-23(21)28-24/h3-5,8-9,18H,2,6-7,10-16H2,1H3,(H,26,27,28). The van der Waals surface area contributed by atoms with E-state index in [1.54, 1.807) is 6.92 Å². The Morgan fingerprint density at radius 2 is 1.94 bits per heavy atom. The third-order valence-corrected chi connectivity index (χ3v) is 7.54. The molecule has 3 heterocycles. The van der Waals surface area contributed by atoms with Gasteiger partial charge in [-0.1, -0.05) is 30.3 Å². The quantitative estimate of drug-likeness (QED) is 0.492. The number of ether oxygens (including phenoxy) is 2. The molecule has 33 heavy (non-hydrogen) atoms. The summed E-state index contributed by atoms with van der Waals surface area (Å²) >= 11 is 1.82. The fourth-order valence-electron chi connectivity index (χ4n) is 4.66. The van der Waals surface area contributed by atoms with E-state index >= 15 is 0 Å². The number of nitrogens with zero attached hydrogens (tertiary/aromatic N) is 3. The first-order chi connectivity index (χ1) is 16.2. The number of piperidine rings is 1. The number of thiophene rings is 1. The minimum absolute atomic E-state index is 0.117. The van der Waals surface area contributed by atoms with Gasteiger partial charge < -0.3 is 19.7 Å². The van der Waals surface area contributed by atoms with Gasteiger partial charge in [0.05, 0.1) is 12.0 Å². The second-order valence-corrected chi connectivity index (χ2v) is 9.67. The van der Waals surface area contributed by atoms with Crippen LogP contribution >= 0.6 is 11.3 Å². The van der Waals surface area contributed by atoms with Gasteiger partial charge in [-0.25, -0.2) is 9.78 Å². The van der Waals surface area contributed by atoms with Gasteiger partial charge in [-0.3, -0.25) is 0 Å². The first-order valence-electron chi connectivity index (χ1n) is 11.9. The van der Waals surface area contributed by atoms with Gasteiger partial charge in [0.15, 0.2) is 0 Å². The van der Waals surface area contributed by atoms with Crippen molar-refractivity contribution >= 4 is 39.5 Å². The minimum atomic E-state index is -0.579. The van der Waals surface area contributed by atoms with E-state index in [1.807, 2.05) is 17.4 Å². The van der Waals surface area contributed by atoms with Crippen LogP contribution in [-0.2, 0) is 28.9 Å². The average Bonchev–Trinajstić information content (AvgIpc) is 3.22. The molecule has 0 saturated carbocycles. The van der Waals surface area contributed by atoms with E-state index < -0.39 is 6.16 Å². The number of hydrogen-bond donors (Lipinski definition) is 1. The lowest BCUT2D eigenvalue weighted by atomic mass is 9.97. The lowest BCUT2D eigenvalue weighted by Crippen LogP contribution is -2.39. The zero-order valence-electron chi connectivity index (χ0n) is 19.0. The number of aryl methyl sites for hydroxylation is 2. The third kappa shape index (κ3) is 4.90. The zero-order chi connectivity index (χ0) is 22.6. The minimum Gasteiger partial charge on any atom is -0.435 e. The predicted molar refractivity (Wildman–Crippen MR) is 131 cm³/mol. The largest absolute Gasteiger partial charge is 0.508 e. The van der Waals surface area contributed by atoms with Crippen LogP contribution in [0.1, 0.15) is 48.6 Å². The lowest BCUT2D eigenvalue weighted by Gasteiger charge is -2.31. The van der Waals surface area contributed by atoms with E-state index in [1.165, 1.54) is 34.2 Å². The van der Waals surface area contributed by atoms with Crippen LogP contribution in [0.3, 0.4) is 0 Å². The SMILES string of the molecule is CCOC(=O)OC1CCN(c2nc(NCc3ccccc3)c3c4c(sc3n2)CCCC4)CC1. The number of fused-ring (bicyclic) bond motifs is 3. The Morgan fingerprint density at radius 1 is 1.15 bits per heavy atom. The van der Waals surface area contributed by atoms with Gasteiger partial charge >= 0.3 is 6.16 Å². The molecule has 3 aromatic rings. The molecule has 2 aromatic heterocycles. The van der Waals surface area contributed by atoms with Crippen LogP contribution in [0, 0.1) is 0 Å². The number of carbonyl (C=O) groups is 1. The van der Waals surface area contributed by atoms with Crippen molar-refractivity contribution in [1.29, 1.82) is 0 Å². The first kappa shape index (κ1) is 21.9. The maximum atomic E-state index is 11.6. The molecule has 5 rings (SSSR count). The highest BCUT2D eigenvalue weighted by atomic mass is 32.1. The monoisotopic (exact) mass is 466 g/mol. The Morgan fingerprint density at radius 3 is 2.73 bits per heavy atom. The van der Waals surface area contributed by atoms with Crippen LogP contribution in [0.15, 0.2) is 30.3 Å². The average molecular weight is 467 g/mol. The summed E-state index contributed by atoms with van der Waals surface area (Å²) in [6, 6.07) is 10.4. The number of benzene rings is 1. The lowest BCUT2D eigenvalue weighted by molar-refractivity contribution is 0.0183. The molecule has 0 unspecified atom stereocenters. The van der Waals surface area contributed by atoms with Gasteiger partial charge in [-0.2, -0.15) is 4.98 Å². The van der Waals surface area contributed by atoms with Crippen LogP contribution < -0.4 is 10.2 Å². The second-order valence-electron chi connectivity index (χ2n) is 8.59. The molecule has 1 N–H and O–H groups in total. The fourth-order valence-corrected chi connectivity index (χ4v) is 5.92. The highest BCUT2D eigenvalue weighted by molar-refractivity contribution is 7.19. The second kappa shape index (κ2) is 9.95. The van der Waals surface area contributed by atoms with Crippen molar-refractivity contribution in [2.45, 2.75) is 58.1 Å². The Bertz CT molecular complexity index is 1110.